The lowest BCUT2D eigenvalue weighted by atomic mass is 10.1. The van der Waals surface area contributed by atoms with Gasteiger partial charge in [-0.1, -0.05) is 29.8 Å². The maximum atomic E-state index is 12.9. The monoisotopic (exact) mass is 388 g/mol. The lowest BCUT2D eigenvalue weighted by molar-refractivity contribution is 0.757. The average molecular weight is 389 g/mol. The first kappa shape index (κ1) is 16.6. The van der Waals surface area contributed by atoms with Crippen molar-refractivity contribution in [3.05, 3.63) is 88.2 Å². The van der Waals surface area contributed by atoms with E-state index in [-0.39, 0.29) is 11.1 Å². The molecule has 1 aromatic carbocycles. The number of fused-ring (bicyclic) bond motifs is 3. The van der Waals surface area contributed by atoms with Gasteiger partial charge in [0.15, 0.2) is 11.2 Å². The molecule has 0 aliphatic carbocycles. The summed E-state index contributed by atoms with van der Waals surface area (Å²) in [6.07, 6.45) is 6.89. The first-order chi connectivity index (χ1) is 13.7. The van der Waals surface area contributed by atoms with Crippen LogP contribution in [-0.2, 0) is 6.54 Å². The topological polar surface area (TPSA) is 78.0 Å². The van der Waals surface area contributed by atoms with Crippen molar-refractivity contribution in [3.63, 3.8) is 0 Å². The van der Waals surface area contributed by atoms with Crippen LogP contribution in [-0.4, -0.2) is 29.4 Å². The molecule has 5 aromatic rings. The summed E-state index contributed by atoms with van der Waals surface area (Å²) in [5, 5.41) is 13.6. The van der Waals surface area contributed by atoms with Gasteiger partial charge >= 0.3 is 0 Å². The molecular formula is C20H13ClN6O. The Bertz CT molecular complexity index is 1360. The Labute approximate surface area is 163 Å². The number of aromatic nitrogens is 6. The number of benzene rings is 1. The van der Waals surface area contributed by atoms with Crippen molar-refractivity contribution in [1.29, 1.82) is 0 Å². The second kappa shape index (κ2) is 6.54. The Morgan fingerprint density at radius 1 is 1.00 bits per heavy atom. The minimum atomic E-state index is -0.223. The van der Waals surface area contributed by atoms with Crippen LogP contribution in [0.15, 0.2) is 72.0 Å². The summed E-state index contributed by atoms with van der Waals surface area (Å²) in [4.78, 5) is 17.0. The van der Waals surface area contributed by atoms with Crippen LogP contribution in [0.4, 0.5) is 0 Å². The van der Waals surface area contributed by atoms with Gasteiger partial charge in [0.25, 0.3) is 5.56 Å². The highest BCUT2D eigenvalue weighted by atomic mass is 35.5. The molecular weight excluding hydrogens is 376 g/mol. The number of pyridine rings is 2. The highest BCUT2D eigenvalue weighted by Gasteiger charge is 2.14. The molecule has 8 heteroatoms. The second-order valence-corrected chi connectivity index (χ2v) is 6.78. The zero-order valence-electron chi connectivity index (χ0n) is 14.5. The van der Waals surface area contributed by atoms with Crippen LogP contribution in [0.3, 0.4) is 0 Å². The second-order valence-electron chi connectivity index (χ2n) is 6.34. The number of halogens is 1. The minimum absolute atomic E-state index is 0.223. The maximum absolute atomic E-state index is 12.9. The van der Waals surface area contributed by atoms with Crippen molar-refractivity contribution in [2.45, 2.75) is 6.54 Å². The molecule has 0 radical (unpaired) electrons. The van der Waals surface area contributed by atoms with Crippen molar-refractivity contribution in [2.75, 3.05) is 0 Å². The molecule has 0 saturated carbocycles. The van der Waals surface area contributed by atoms with E-state index in [1.54, 1.807) is 33.9 Å². The quantitative estimate of drug-likeness (QED) is 0.474. The summed E-state index contributed by atoms with van der Waals surface area (Å²) >= 11 is 5.97. The van der Waals surface area contributed by atoms with Crippen LogP contribution in [0.1, 0.15) is 5.56 Å². The summed E-state index contributed by atoms with van der Waals surface area (Å²) in [5.41, 5.74) is 3.92. The van der Waals surface area contributed by atoms with Crippen molar-refractivity contribution in [2.24, 2.45) is 0 Å². The molecule has 0 N–H and O–H groups in total. The van der Waals surface area contributed by atoms with Gasteiger partial charge in [0.1, 0.15) is 5.52 Å². The molecule has 0 amide bonds. The normalized spacial score (nSPS) is 11.3. The summed E-state index contributed by atoms with van der Waals surface area (Å²) in [7, 11) is 0. The Morgan fingerprint density at radius 2 is 1.86 bits per heavy atom. The third-order valence-electron chi connectivity index (χ3n) is 4.57. The zero-order valence-corrected chi connectivity index (χ0v) is 15.3. The van der Waals surface area contributed by atoms with E-state index < -0.39 is 0 Å². The predicted octanol–water partition coefficient (Wildman–Crippen LogP) is 3.20. The van der Waals surface area contributed by atoms with Crippen molar-refractivity contribution >= 4 is 28.3 Å². The molecule has 0 aliphatic heterocycles. The summed E-state index contributed by atoms with van der Waals surface area (Å²) in [5.74, 6) is 0. The number of rotatable bonds is 3. The molecule has 4 aromatic heterocycles. The Morgan fingerprint density at radius 3 is 2.64 bits per heavy atom. The van der Waals surface area contributed by atoms with Crippen LogP contribution in [0.25, 0.3) is 27.8 Å². The van der Waals surface area contributed by atoms with Crippen molar-refractivity contribution in [3.8, 4) is 11.1 Å². The third kappa shape index (κ3) is 2.73. The highest BCUT2D eigenvalue weighted by molar-refractivity contribution is 6.30. The molecule has 5 rings (SSSR count). The molecule has 0 fully saturated rings. The van der Waals surface area contributed by atoms with E-state index in [2.05, 4.69) is 20.3 Å². The van der Waals surface area contributed by atoms with Crippen molar-refractivity contribution < 1.29 is 0 Å². The lowest BCUT2D eigenvalue weighted by Gasteiger charge is -2.07. The van der Waals surface area contributed by atoms with Gasteiger partial charge in [0, 0.05) is 29.2 Å². The number of hydrogen-bond acceptors (Lipinski definition) is 5. The molecule has 0 spiro atoms. The fraction of sp³-hybridized carbons (Fsp3) is 0.0500. The first-order valence-corrected chi connectivity index (χ1v) is 8.97. The van der Waals surface area contributed by atoms with Gasteiger partial charge in [-0.25, -0.2) is 4.52 Å². The molecule has 136 valence electrons. The number of hydrogen-bond donors (Lipinski definition) is 0. The maximum Gasteiger partial charge on any atom is 0.280 e. The van der Waals surface area contributed by atoms with Gasteiger partial charge in [-0.15, -0.1) is 10.2 Å². The van der Waals surface area contributed by atoms with Crippen molar-refractivity contribution in [1.82, 2.24) is 29.4 Å². The molecule has 0 bridgehead atoms. The van der Waals surface area contributed by atoms with E-state index in [1.807, 2.05) is 42.5 Å². The average Bonchev–Trinajstić information content (AvgIpc) is 3.16. The van der Waals surface area contributed by atoms with Crippen LogP contribution in [0.5, 0.6) is 0 Å². The van der Waals surface area contributed by atoms with Gasteiger partial charge in [-0.2, -0.15) is 5.10 Å². The van der Waals surface area contributed by atoms with Gasteiger partial charge in [0.05, 0.1) is 12.7 Å². The fourth-order valence-corrected chi connectivity index (χ4v) is 3.30. The summed E-state index contributed by atoms with van der Waals surface area (Å²) in [6.45, 7) is 0.414. The van der Waals surface area contributed by atoms with E-state index in [4.69, 9.17) is 11.6 Å². The standard InChI is InChI=1S/C20H13ClN6O/c21-15-5-3-14(4-6-15)16-11-23-27-17-7-9-26(12-13-2-1-8-22-10-13)20(28)18(17)24-25-19(16)27/h1-11H,12H2. The Kier molecular flexibility index (Phi) is 3.87. The molecule has 0 atom stereocenters. The number of nitrogens with zero attached hydrogens (tertiary/aromatic N) is 6. The van der Waals surface area contributed by atoms with Gasteiger partial charge < -0.3 is 4.57 Å². The molecule has 28 heavy (non-hydrogen) atoms. The SMILES string of the molecule is O=c1c2nnc3c(-c4ccc(Cl)cc4)cnn3c2ccn1Cc1cccnc1. The largest absolute Gasteiger partial charge is 0.309 e. The zero-order chi connectivity index (χ0) is 19.1. The lowest BCUT2D eigenvalue weighted by Crippen LogP contribution is -2.22. The molecule has 0 unspecified atom stereocenters. The van der Waals surface area contributed by atoms with Crippen LogP contribution >= 0.6 is 11.6 Å². The molecule has 0 aliphatic rings. The van der Waals surface area contributed by atoms with Crippen LogP contribution in [0, 0.1) is 0 Å². The first-order valence-electron chi connectivity index (χ1n) is 8.59. The molecule has 0 saturated heterocycles. The van der Waals surface area contributed by atoms with Gasteiger partial charge in [-0.05, 0) is 35.4 Å². The Balaban J connectivity index is 1.64. The van der Waals surface area contributed by atoms with Crippen LogP contribution in [0.2, 0.25) is 5.02 Å². The van der Waals surface area contributed by atoms with Crippen LogP contribution < -0.4 is 5.56 Å². The summed E-state index contributed by atoms with van der Waals surface area (Å²) in [6, 6.07) is 13.0. The van der Waals surface area contributed by atoms with E-state index >= 15 is 0 Å². The fourth-order valence-electron chi connectivity index (χ4n) is 3.18. The smallest absolute Gasteiger partial charge is 0.280 e. The third-order valence-corrected chi connectivity index (χ3v) is 4.82. The highest BCUT2D eigenvalue weighted by Crippen LogP contribution is 2.25. The van der Waals surface area contributed by atoms with E-state index in [9.17, 15) is 4.79 Å². The Hall–Kier alpha value is -3.58. The van der Waals surface area contributed by atoms with Gasteiger partial charge in [0.2, 0.25) is 0 Å². The van der Waals surface area contributed by atoms with E-state index in [1.165, 1.54) is 0 Å². The van der Waals surface area contributed by atoms with Gasteiger partial charge in [-0.3, -0.25) is 9.78 Å². The molecule has 4 heterocycles. The van der Waals surface area contributed by atoms with E-state index in [0.29, 0.717) is 22.7 Å². The summed E-state index contributed by atoms with van der Waals surface area (Å²) < 4.78 is 3.23. The molecule has 7 nitrogen and oxygen atoms in total. The van der Waals surface area contributed by atoms with E-state index in [0.717, 1.165) is 16.7 Å². The minimum Gasteiger partial charge on any atom is -0.309 e. The predicted molar refractivity (Wildman–Crippen MR) is 106 cm³/mol.